The number of aryl methyl sites for hydroxylation is 2. The first-order valence-corrected chi connectivity index (χ1v) is 11.2. The summed E-state index contributed by atoms with van der Waals surface area (Å²) in [6, 6.07) is 5.95. The molecule has 1 aromatic rings. The van der Waals surface area contributed by atoms with E-state index in [9.17, 15) is 14.4 Å². The number of nitrogens with one attached hydrogen (secondary N) is 1. The minimum Gasteiger partial charge on any atom is -0.452 e. The van der Waals surface area contributed by atoms with Crippen molar-refractivity contribution >= 4 is 23.5 Å². The standard InChI is InChI=1S/C25H32N2O5/c1-7-17(21(28)26-24(4,5)6)31-23(30)19-18-10-11-25(32-18)13-27(22(29)20(19)25)16-9-8-14(2)12-15(16)3/h8-12,17-20H,7,13H2,1-6H3,(H,26,28)/t17-,18+,19+,20+,25-/m1/s1. The third-order valence-electron chi connectivity index (χ3n) is 6.44. The number of hydrogen-bond donors (Lipinski definition) is 1. The highest BCUT2D eigenvalue weighted by Gasteiger charge is 2.67. The van der Waals surface area contributed by atoms with Crippen LogP contribution in [-0.4, -0.2) is 47.7 Å². The Kier molecular flexibility index (Phi) is 5.44. The molecule has 172 valence electrons. The van der Waals surface area contributed by atoms with Crippen molar-refractivity contribution in [1.29, 1.82) is 0 Å². The van der Waals surface area contributed by atoms with E-state index in [0.717, 1.165) is 16.8 Å². The summed E-state index contributed by atoms with van der Waals surface area (Å²) >= 11 is 0. The molecule has 0 aliphatic carbocycles. The molecule has 2 bridgehead atoms. The summed E-state index contributed by atoms with van der Waals surface area (Å²) in [6.07, 6.45) is 2.68. The molecule has 1 aromatic carbocycles. The van der Waals surface area contributed by atoms with Crippen molar-refractivity contribution in [2.24, 2.45) is 11.8 Å². The van der Waals surface area contributed by atoms with Crippen LogP contribution in [-0.2, 0) is 23.9 Å². The van der Waals surface area contributed by atoms with Gasteiger partial charge in [0.15, 0.2) is 6.10 Å². The Labute approximate surface area is 189 Å². The second-order valence-electron chi connectivity index (χ2n) is 10.2. The number of benzene rings is 1. The van der Waals surface area contributed by atoms with E-state index < -0.39 is 41.2 Å². The summed E-state index contributed by atoms with van der Waals surface area (Å²) in [7, 11) is 0. The lowest BCUT2D eigenvalue weighted by molar-refractivity contribution is -0.163. The molecule has 4 rings (SSSR count). The van der Waals surface area contributed by atoms with Gasteiger partial charge in [-0.25, -0.2) is 0 Å². The normalized spacial score (nSPS) is 29.2. The lowest BCUT2D eigenvalue weighted by atomic mass is 9.77. The monoisotopic (exact) mass is 440 g/mol. The van der Waals surface area contributed by atoms with Gasteiger partial charge in [-0.3, -0.25) is 14.4 Å². The molecule has 3 heterocycles. The molecule has 7 heteroatoms. The summed E-state index contributed by atoms with van der Waals surface area (Å²) in [5, 5.41) is 2.86. The summed E-state index contributed by atoms with van der Waals surface area (Å²) < 4.78 is 11.8. The van der Waals surface area contributed by atoms with Crippen LogP contribution in [0.1, 0.15) is 45.2 Å². The first kappa shape index (κ1) is 22.5. The molecule has 0 radical (unpaired) electrons. The number of rotatable bonds is 5. The molecule has 0 aromatic heterocycles. The van der Waals surface area contributed by atoms with Crippen LogP contribution in [0, 0.1) is 25.7 Å². The Hall–Kier alpha value is -2.67. The number of ether oxygens (including phenoxy) is 2. The van der Waals surface area contributed by atoms with E-state index in [4.69, 9.17) is 9.47 Å². The van der Waals surface area contributed by atoms with Gasteiger partial charge in [0.1, 0.15) is 11.5 Å². The lowest BCUT2D eigenvalue weighted by Gasteiger charge is -2.27. The van der Waals surface area contributed by atoms with Gasteiger partial charge in [0.25, 0.3) is 5.91 Å². The van der Waals surface area contributed by atoms with Gasteiger partial charge in [-0.2, -0.15) is 0 Å². The number of carbonyl (C=O) groups is 3. The number of carbonyl (C=O) groups excluding carboxylic acids is 3. The van der Waals surface area contributed by atoms with Crippen LogP contribution >= 0.6 is 0 Å². The lowest BCUT2D eigenvalue weighted by Crippen LogP contribution is -2.48. The van der Waals surface area contributed by atoms with Crippen LogP contribution in [0.15, 0.2) is 30.4 Å². The van der Waals surface area contributed by atoms with E-state index in [2.05, 4.69) is 5.32 Å². The van der Waals surface area contributed by atoms with Gasteiger partial charge in [0.2, 0.25) is 5.91 Å². The minimum atomic E-state index is -0.910. The van der Waals surface area contributed by atoms with E-state index in [1.807, 2.05) is 65.0 Å². The molecule has 7 nitrogen and oxygen atoms in total. The van der Waals surface area contributed by atoms with E-state index in [0.29, 0.717) is 13.0 Å². The number of amides is 2. The number of fused-ring (bicyclic) bond motifs is 1. The minimum absolute atomic E-state index is 0.141. The molecule has 2 fully saturated rings. The highest BCUT2D eigenvalue weighted by molar-refractivity contribution is 6.03. The Morgan fingerprint density at radius 1 is 1.31 bits per heavy atom. The summed E-state index contributed by atoms with van der Waals surface area (Å²) in [4.78, 5) is 41.1. The maximum absolute atomic E-state index is 13.5. The Morgan fingerprint density at radius 2 is 2.03 bits per heavy atom. The second kappa shape index (κ2) is 7.73. The predicted octanol–water partition coefficient (Wildman–Crippen LogP) is 2.83. The molecule has 3 aliphatic heterocycles. The van der Waals surface area contributed by atoms with Crippen molar-refractivity contribution in [2.75, 3.05) is 11.4 Å². The van der Waals surface area contributed by atoms with E-state index in [1.54, 1.807) is 11.8 Å². The third-order valence-corrected chi connectivity index (χ3v) is 6.44. The summed E-state index contributed by atoms with van der Waals surface area (Å²) in [5.41, 5.74) is 1.67. The zero-order chi connectivity index (χ0) is 23.4. The smallest absolute Gasteiger partial charge is 0.313 e. The molecule has 5 atom stereocenters. The number of hydrogen-bond acceptors (Lipinski definition) is 5. The van der Waals surface area contributed by atoms with Crippen molar-refractivity contribution in [1.82, 2.24) is 5.32 Å². The van der Waals surface area contributed by atoms with Gasteiger partial charge in [-0.1, -0.05) is 36.8 Å². The molecule has 32 heavy (non-hydrogen) atoms. The predicted molar refractivity (Wildman–Crippen MR) is 120 cm³/mol. The molecule has 2 amide bonds. The van der Waals surface area contributed by atoms with Gasteiger partial charge in [-0.05, 0) is 52.7 Å². The van der Waals surface area contributed by atoms with Gasteiger partial charge < -0.3 is 19.7 Å². The Balaban J connectivity index is 1.56. The van der Waals surface area contributed by atoms with Gasteiger partial charge in [0.05, 0.1) is 18.6 Å². The zero-order valence-electron chi connectivity index (χ0n) is 19.6. The fraction of sp³-hybridized carbons (Fsp3) is 0.560. The molecule has 0 unspecified atom stereocenters. The first-order valence-electron chi connectivity index (χ1n) is 11.2. The first-order chi connectivity index (χ1) is 15.0. The van der Waals surface area contributed by atoms with E-state index >= 15 is 0 Å². The quantitative estimate of drug-likeness (QED) is 0.562. The van der Waals surface area contributed by atoms with Crippen molar-refractivity contribution < 1.29 is 23.9 Å². The van der Waals surface area contributed by atoms with Crippen molar-refractivity contribution in [3.8, 4) is 0 Å². The highest BCUT2D eigenvalue weighted by atomic mass is 16.6. The average molecular weight is 441 g/mol. The van der Waals surface area contributed by atoms with Crippen LogP contribution in [0.3, 0.4) is 0 Å². The third kappa shape index (κ3) is 3.72. The summed E-state index contributed by atoms with van der Waals surface area (Å²) in [5.74, 6) is -2.46. The second-order valence-corrected chi connectivity index (χ2v) is 10.2. The number of anilines is 1. The number of nitrogens with zero attached hydrogens (tertiary/aromatic N) is 1. The van der Waals surface area contributed by atoms with Crippen LogP contribution in [0.5, 0.6) is 0 Å². The van der Waals surface area contributed by atoms with E-state index in [-0.39, 0.29) is 11.8 Å². The molecular formula is C25H32N2O5. The maximum atomic E-state index is 13.5. The fourth-order valence-corrected chi connectivity index (χ4v) is 5.07. The average Bonchev–Trinajstić information content (AvgIpc) is 3.33. The van der Waals surface area contributed by atoms with Crippen LogP contribution in [0.2, 0.25) is 0 Å². The zero-order valence-corrected chi connectivity index (χ0v) is 19.6. The maximum Gasteiger partial charge on any atom is 0.313 e. The molecule has 0 saturated carbocycles. The Morgan fingerprint density at radius 3 is 2.66 bits per heavy atom. The van der Waals surface area contributed by atoms with Crippen molar-refractivity contribution in [3.05, 3.63) is 41.5 Å². The van der Waals surface area contributed by atoms with Crippen molar-refractivity contribution in [3.63, 3.8) is 0 Å². The van der Waals surface area contributed by atoms with Crippen LogP contribution in [0.4, 0.5) is 5.69 Å². The molecular weight excluding hydrogens is 408 g/mol. The summed E-state index contributed by atoms with van der Waals surface area (Å²) in [6.45, 7) is 11.8. The molecule has 2 saturated heterocycles. The number of esters is 1. The largest absolute Gasteiger partial charge is 0.452 e. The molecule has 1 spiro atoms. The van der Waals surface area contributed by atoms with E-state index in [1.165, 1.54) is 0 Å². The van der Waals surface area contributed by atoms with Crippen LogP contribution < -0.4 is 10.2 Å². The highest BCUT2D eigenvalue weighted by Crippen LogP contribution is 2.53. The van der Waals surface area contributed by atoms with Gasteiger partial charge in [0, 0.05) is 11.2 Å². The molecule has 1 N–H and O–H groups in total. The van der Waals surface area contributed by atoms with Crippen molar-refractivity contribution in [2.45, 2.75) is 71.3 Å². The topological polar surface area (TPSA) is 84.9 Å². The van der Waals surface area contributed by atoms with Gasteiger partial charge >= 0.3 is 5.97 Å². The van der Waals surface area contributed by atoms with Crippen LogP contribution in [0.25, 0.3) is 0 Å². The van der Waals surface area contributed by atoms with Gasteiger partial charge in [-0.15, -0.1) is 0 Å². The SMILES string of the molecule is CC[C@@H](OC(=O)[C@H]1[C@@H]2C=C[C@]3(CN(c4ccc(C)cc4C)C(=O)[C@H]13)O2)C(=O)NC(C)(C)C. The fourth-order valence-electron chi connectivity index (χ4n) is 5.07. The molecule has 3 aliphatic rings. The Bertz CT molecular complexity index is 995.